The van der Waals surface area contributed by atoms with Crippen LogP contribution in [0.3, 0.4) is 0 Å². The summed E-state index contributed by atoms with van der Waals surface area (Å²) in [6.07, 6.45) is 2.26. The Morgan fingerprint density at radius 2 is 0.980 bits per heavy atom. The molecule has 0 aliphatic heterocycles. The molecule has 0 unspecified atom stereocenters. The molecule has 0 radical (unpaired) electrons. The van der Waals surface area contributed by atoms with Gasteiger partial charge in [0.15, 0.2) is 0 Å². The Morgan fingerprint density at radius 3 is 1.84 bits per heavy atom. The molecule has 0 atom stereocenters. The van der Waals surface area contributed by atoms with E-state index in [4.69, 9.17) is 0 Å². The lowest BCUT2D eigenvalue weighted by molar-refractivity contribution is 0.660. The highest BCUT2D eigenvalue weighted by Gasteiger charge is 2.37. The lowest BCUT2D eigenvalue weighted by Crippen LogP contribution is -2.14. The first-order chi connectivity index (χ1) is 25.1. The van der Waals surface area contributed by atoms with E-state index in [2.05, 4.69) is 172 Å². The Hall–Kier alpha value is -5.98. The first-order valence-electron chi connectivity index (χ1n) is 18.3. The third-order valence-electron chi connectivity index (χ3n) is 12.1. The fourth-order valence-electron chi connectivity index (χ4n) is 9.73. The van der Waals surface area contributed by atoms with Gasteiger partial charge in [-0.15, -0.1) is 0 Å². The van der Waals surface area contributed by atoms with Crippen molar-refractivity contribution in [2.75, 3.05) is 0 Å². The fraction of sp³-hybridized carbons (Fsp3) is 0.0980. The van der Waals surface area contributed by atoms with Gasteiger partial charge >= 0.3 is 0 Å². The summed E-state index contributed by atoms with van der Waals surface area (Å²) in [5.74, 6) is 0. The fourth-order valence-corrected chi connectivity index (χ4v) is 9.73. The quantitative estimate of drug-likeness (QED) is 0.167. The normalized spacial score (nSPS) is 14.1. The molecule has 51 heavy (non-hydrogen) atoms. The Balaban J connectivity index is 1.29. The van der Waals surface area contributed by atoms with Crippen molar-refractivity contribution in [1.82, 2.24) is 0 Å². The number of benzene rings is 9. The van der Waals surface area contributed by atoms with Crippen molar-refractivity contribution in [3.63, 3.8) is 0 Å². The molecule has 240 valence electrons. The van der Waals surface area contributed by atoms with Gasteiger partial charge in [-0.1, -0.05) is 159 Å². The Bertz CT molecular complexity index is 2930. The van der Waals surface area contributed by atoms with Gasteiger partial charge in [-0.2, -0.15) is 0 Å². The molecule has 0 bridgehead atoms. The summed E-state index contributed by atoms with van der Waals surface area (Å²) in [5.41, 5.74) is 16.2. The van der Waals surface area contributed by atoms with E-state index in [9.17, 15) is 0 Å². The zero-order valence-corrected chi connectivity index (χ0v) is 28.9. The Labute approximate surface area is 298 Å². The third kappa shape index (κ3) is 4.02. The SMILES string of the molecule is CC1(C)c2ccccc2-c2c(-c3c4ccccc4c(-c4ccc5c6c(cccc46)CC5)c4ccc(-c5ccc6ccccc6c5)cc34)cccc21. The highest BCUT2D eigenvalue weighted by molar-refractivity contribution is 6.25. The predicted molar refractivity (Wildman–Crippen MR) is 218 cm³/mol. The van der Waals surface area contributed by atoms with Gasteiger partial charge in [0.1, 0.15) is 0 Å². The van der Waals surface area contributed by atoms with Crippen LogP contribution in [0.1, 0.15) is 36.1 Å². The maximum absolute atomic E-state index is 2.48. The van der Waals surface area contributed by atoms with E-state index in [1.54, 1.807) is 0 Å². The minimum Gasteiger partial charge on any atom is -0.0619 e. The lowest BCUT2D eigenvalue weighted by Gasteiger charge is -2.23. The molecule has 0 amide bonds. The van der Waals surface area contributed by atoms with Gasteiger partial charge in [-0.05, 0) is 135 Å². The molecule has 0 heterocycles. The topological polar surface area (TPSA) is 0 Å². The van der Waals surface area contributed by atoms with Crippen LogP contribution in [0.15, 0.2) is 158 Å². The monoisotopic (exact) mass is 648 g/mol. The minimum atomic E-state index is -0.0750. The third-order valence-corrected chi connectivity index (χ3v) is 12.1. The van der Waals surface area contributed by atoms with E-state index in [0.29, 0.717) is 0 Å². The molecular formula is C51H36. The number of hydrogen-bond donors (Lipinski definition) is 0. The van der Waals surface area contributed by atoms with E-state index >= 15 is 0 Å². The largest absolute Gasteiger partial charge is 0.0619 e. The standard InChI is InChI=1S/C51H36/c1-51(2)45-19-8-7-16-42(45)50-43(18-10-20-46(50)51)49-39-15-6-5-14-38(39)48(40-27-25-33-23-22-32-13-9-17-37(40)47(32)33)41-28-26-36(30-44(41)49)35-24-21-31-11-3-4-12-34(31)29-35/h3-21,24-30H,22-23H2,1-2H3. The van der Waals surface area contributed by atoms with Gasteiger partial charge in [0.25, 0.3) is 0 Å². The molecule has 0 aromatic heterocycles. The Kier molecular flexibility index (Phi) is 5.94. The average Bonchev–Trinajstić information content (AvgIpc) is 3.71. The molecule has 0 spiro atoms. The molecular weight excluding hydrogens is 613 g/mol. The van der Waals surface area contributed by atoms with Crippen LogP contribution < -0.4 is 0 Å². The number of fused-ring (bicyclic) bond motifs is 6. The number of aryl methyl sites for hydroxylation is 2. The number of rotatable bonds is 3. The van der Waals surface area contributed by atoms with Crippen LogP contribution in [0.2, 0.25) is 0 Å². The van der Waals surface area contributed by atoms with Crippen molar-refractivity contribution in [2.24, 2.45) is 0 Å². The summed E-state index contributed by atoms with van der Waals surface area (Å²) in [4.78, 5) is 0. The van der Waals surface area contributed by atoms with E-state index in [1.807, 2.05) is 0 Å². The molecule has 0 N–H and O–H groups in total. The molecule has 9 aromatic carbocycles. The van der Waals surface area contributed by atoms with Gasteiger partial charge in [0.2, 0.25) is 0 Å². The zero-order valence-electron chi connectivity index (χ0n) is 28.9. The van der Waals surface area contributed by atoms with Crippen LogP contribution in [-0.2, 0) is 18.3 Å². The van der Waals surface area contributed by atoms with Crippen molar-refractivity contribution in [1.29, 1.82) is 0 Å². The lowest BCUT2D eigenvalue weighted by atomic mass is 9.80. The molecule has 2 aliphatic carbocycles. The molecule has 0 heteroatoms. The molecule has 0 nitrogen and oxygen atoms in total. The van der Waals surface area contributed by atoms with Crippen molar-refractivity contribution < 1.29 is 0 Å². The molecule has 0 saturated carbocycles. The van der Waals surface area contributed by atoms with Crippen molar-refractivity contribution in [3.05, 3.63) is 180 Å². The van der Waals surface area contributed by atoms with E-state index in [0.717, 1.165) is 12.8 Å². The van der Waals surface area contributed by atoms with Crippen LogP contribution in [0.5, 0.6) is 0 Å². The maximum Gasteiger partial charge on any atom is 0.0159 e. The minimum absolute atomic E-state index is 0.0750. The molecule has 11 rings (SSSR count). The van der Waals surface area contributed by atoms with E-state index in [-0.39, 0.29) is 5.41 Å². The summed E-state index contributed by atoms with van der Waals surface area (Å²) in [6, 6.07) is 59.8. The maximum atomic E-state index is 2.48. The predicted octanol–water partition coefficient (Wildman–Crippen LogP) is 13.7. The van der Waals surface area contributed by atoms with Gasteiger partial charge < -0.3 is 0 Å². The van der Waals surface area contributed by atoms with Crippen LogP contribution >= 0.6 is 0 Å². The van der Waals surface area contributed by atoms with Crippen molar-refractivity contribution in [2.45, 2.75) is 32.1 Å². The van der Waals surface area contributed by atoms with Crippen LogP contribution in [0, 0.1) is 0 Å². The Morgan fingerprint density at radius 1 is 0.373 bits per heavy atom. The summed E-state index contributed by atoms with van der Waals surface area (Å²) >= 11 is 0. The first kappa shape index (κ1) is 28.8. The second kappa shape index (κ2) is 10.5. The van der Waals surface area contributed by atoms with Crippen LogP contribution in [0.25, 0.3) is 87.6 Å². The number of hydrogen-bond acceptors (Lipinski definition) is 0. The highest BCUT2D eigenvalue weighted by atomic mass is 14.4. The highest BCUT2D eigenvalue weighted by Crippen LogP contribution is 2.55. The van der Waals surface area contributed by atoms with Crippen LogP contribution in [-0.4, -0.2) is 0 Å². The van der Waals surface area contributed by atoms with Gasteiger partial charge in [0, 0.05) is 5.41 Å². The molecule has 0 saturated heterocycles. The van der Waals surface area contributed by atoms with Crippen LogP contribution in [0.4, 0.5) is 0 Å². The molecule has 2 aliphatic rings. The summed E-state index contributed by atoms with van der Waals surface area (Å²) in [7, 11) is 0. The molecule has 0 fully saturated rings. The smallest absolute Gasteiger partial charge is 0.0159 e. The van der Waals surface area contributed by atoms with Gasteiger partial charge in [-0.25, -0.2) is 0 Å². The van der Waals surface area contributed by atoms with E-state index < -0.39 is 0 Å². The second-order valence-corrected chi connectivity index (χ2v) is 15.1. The first-order valence-corrected chi connectivity index (χ1v) is 18.3. The van der Waals surface area contributed by atoms with Crippen molar-refractivity contribution >= 4 is 43.1 Å². The second-order valence-electron chi connectivity index (χ2n) is 15.1. The summed E-state index contributed by atoms with van der Waals surface area (Å²) in [5, 5.41) is 10.6. The van der Waals surface area contributed by atoms with Gasteiger partial charge in [0.05, 0.1) is 0 Å². The average molecular weight is 649 g/mol. The summed E-state index contributed by atoms with van der Waals surface area (Å²) < 4.78 is 0. The summed E-state index contributed by atoms with van der Waals surface area (Å²) in [6.45, 7) is 4.77. The van der Waals surface area contributed by atoms with Crippen molar-refractivity contribution in [3.8, 4) is 44.5 Å². The zero-order chi connectivity index (χ0) is 33.8. The van der Waals surface area contributed by atoms with E-state index in [1.165, 1.54) is 110 Å². The van der Waals surface area contributed by atoms with Gasteiger partial charge in [-0.3, -0.25) is 0 Å². The molecule has 9 aromatic rings.